The van der Waals surface area contributed by atoms with Gasteiger partial charge in [-0.1, -0.05) is 48.0 Å². The molecule has 0 radical (unpaired) electrons. The number of anilines is 3. The van der Waals surface area contributed by atoms with E-state index < -0.39 is 22.7 Å². The molecule has 3 aromatic carbocycles. The molecule has 0 fully saturated rings. The van der Waals surface area contributed by atoms with Crippen LogP contribution in [0.15, 0.2) is 79.1 Å². The molecule has 2 N–H and O–H groups in total. The number of carbonyl (C=O) groups excluding carboxylic acids is 1. The first kappa shape index (κ1) is 23.3. The predicted molar refractivity (Wildman–Crippen MR) is 126 cm³/mol. The van der Waals surface area contributed by atoms with Crippen LogP contribution in [-0.2, 0) is 6.18 Å². The van der Waals surface area contributed by atoms with Crippen LogP contribution in [0.3, 0.4) is 0 Å². The summed E-state index contributed by atoms with van der Waals surface area (Å²) in [5, 5.41) is 5.23. The van der Waals surface area contributed by atoms with Crippen LogP contribution in [0.1, 0.15) is 21.5 Å². The van der Waals surface area contributed by atoms with E-state index in [4.69, 9.17) is 11.6 Å². The fourth-order valence-corrected chi connectivity index (χ4v) is 3.48. The number of carbonyl (C=O) groups is 1. The predicted octanol–water partition coefficient (Wildman–Crippen LogP) is 7.12. The first-order chi connectivity index (χ1) is 16.2. The number of aromatic nitrogens is 2. The van der Waals surface area contributed by atoms with Gasteiger partial charge in [-0.15, -0.1) is 0 Å². The molecule has 34 heavy (non-hydrogen) atoms. The third-order valence-corrected chi connectivity index (χ3v) is 5.36. The van der Waals surface area contributed by atoms with Crippen LogP contribution in [0.25, 0.3) is 11.3 Å². The van der Waals surface area contributed by atoms with Crippen molar-refractivity contribution in [1.29, 1.82) is 0 Å². The van der Waals surface area contributed by atoms with Gasteiger partial charge in [0.25, 0.3) is 5.91 Å². The minimum absolute atomic E-state index is 0.0138. The maximum Gasteiger partial charge on any atom is 0.417 e. The van der Waals surface area contributed by atoms with Crippen molar-refractivity contribution >= 4 is 34.7 Å². The summed E-state index contributed by atoms with van der Waals surface area (Å²) in [5.74, 6) is -0.0341. The normalized spacial score (nSPS) is 11.2. The Morgan fingerprint density at radius 2 is 1.71 bits per heavy atom. The van der Waals surface area contributed by atoms with Gasteiger partial charge in [0.1, 0.15) is 12.1 Å². The van der Waals surface area contributed by atoms with E-state index in [9.17, 15) is 18.0 Å². The number of halogens is 4. The highest BCUT2D eigenvalue weighted by molar-refractivity contribution is 6.31. The van der Waals surface area contributed by atoms with Crippen LogP contribution >= 0.6 is 11.6 Å². The van der Waals surface area contributed by atoms with E-state index in [-0.39, 0.29) is 11.3 Å². The van der Waals surface area contributed by atoms with Crippen LogP contribution in [0.4, 0.5) is 30.4 Å². The lowest BCUT2D eigenvalue weighted by atomic mass is 10.1. The van der Waals surface area contributed by atoms with Crippen LogP contribution in [0.5, 0.6) is 0 Å². The van der Waals surface area contributed by atoms with Crippen molar-refractivity contribution < 1.29 is 18.0 Å². The first-order valence-corrected chi connectivity index (χ1v) is 10.5. The molecule has 0 bridgehead atoms. The molecule has 0 aliphatic rings. The van der Waals surface area contributed by atoms with Gasteiger partial charge in [-0.25, -0.2) is 9.97 Å². The van der Waals surface area contributed by atoms with Crippen molar-refractivity contribution in [2.45, 2.75) is 13.1 Å². The lowest BCUT2D eigenvalue weighted by Gasteiger charge is -2.13. The number of benzene rings is 3. The molecule has 4 rings (SSSR count). The zero-order valence-electron chi connectivity index (χ0n) is 17.8. The Kier molecular flexibility index (Phi) is 6.51. The molecule has 1 heterocycles. The molecule has 9 heteroatoms. The molecular formula is C25H18ClF3N4O. The number of hydrogen-bond acceptors (Lipinski definition) is 4. The number of aryl methyl sites for hydroxylation is 1. The number of hydrogen-bond donors (Lipinski definition) is 2. The van der Waals surface area contributed by atoms with Crippen molar-refractivity contribution in [3.05, 3.63) is 101 Å². The smallest absolute Gasteiger partial charge is 0.340 e. The summed E-state index contributed by atoms with van der Waals surface area (Å²) in [4.78, 5) is 21.3. The average Bonchev–Trinajstić information content (AvgIpc) is 2.82. The second-order valence-electron chi connectivity index (χ2n) is 7.46. The SMILES string of the molecule is Cc1ccc(C(=O)Nc2ccc(Cl)c(C(F)(F)F)c2)cc1Nc1cc(-c2ccccc2)ncn1. The summed E-state index contributed by atoms with van der Waals surface area (Å²) in [5.41, 5.74) is 2.36. The number of nitrogens with zero attached hydrogens (tertiary/aromatic N) is 2. The lowest BCUT2D eigenvalue weighted by molar-refractivity contribution is -0.137. The molecule has 0 saturated heterocycles. The van der Waals surface area contributed by atoms with E-state index in [1.54, 1.807) is 24.3 Å². The van der Waals surface area contributed by atoms with Crippen LogP contribution in [-0.4, -0.2) is 15.9 Å². The molecule has 1 aromatic heterocycles. The van der Waals surface area contributed by atoms with Crippen molar-refractivity contribution in [3.8, 4) is 11.3 Å². The highest BCUT2D eigenvalue weighted by Gasteiger charge is 2.33. The van der Waals surface area contributed by atoms with Gasteiger partial charge in [-0.05, 0) is 42.8 Å². The Balaban J connectivity index is 1.56. The topological polar surface area (TPSA) is 66.9 Å². The summed E-state index contributed by atoms with van der Waals surface area (Å²) in [7, 11) is 0. The standard InChI is InChI=1S/C25H18ClF3N4O/c1-15-7-8-17(24(34)32-18-9-10-20(26)19(12-18)25(27,28)29)11-21(15)33-23-13-22(30-14-31-23)16-5-3-2-4-6-16/h2-14H,1H3,(H,32,34)(H,30,31,33). The molecule has 5 nitrogen and oxygen atoms in total. The highest BCUT2D eigenvalue weighted by atomic mass is 35.5. The average molecular weight is 483 g/mol. The first-order valence-electron chi connectivity index (χ1n) is 10.1. The van der Waals surface area contributed by atoms with Crippen LogP contribution < -0.4 is 10.6 Å². The van der Waals surface area contributed by atoms with E-state index in [0.29, 0.717) is 11.5 Å². The van der Waals surface area contributed by atoms with Gasteiger partial charge >= 0.3 is 6.18 Å². The Bertz CT molecular complexity index is 1340. The van der Waals surface area contributed by atoms with Crippen molar-refractivity contribution in [2.75, 3.05) is 10.6 Å². The maximum atomic E-state index is 13.1. The zero-order valence-corrected chi connectivity index (χ0v) is 18.6. The molecule has 0 saturated carbocycles. The van der Waals surface area contributed by atoms with E-state index in [1.807, 2.05) is 37.3 Å². The summed E-state index contributed by atoms with van der Waals surface area (Å²) < 4.78 is 39.3. The van der Waals surface area contributed by atoms with Gasteiger partial charge in [-0.2, -0.15) is 13.2 Å². The number of nitrogens with one attached hydrogen (secondary N) is 2. The van der Waals surface area contributed by atoms with Crippen molar-refractivity contribution in [3.63, 3.8) is 0 Å². The summed E-state index contributed by atoms with van der Waals surface area (Å²) in [6.07, 6.45) is -3.19. The second kappa shape index (κ2) is 9.52. The molecule has 0 aliphatic heterocycles. The van der Waals surface area contributed by atoms with Crippen LogP contribution in [0, 0.1) is 6.92 Å². The Hall–Kier alpha value is -3.91. The van der Waals surface area contributed by atoms with Gasteiger partial charge in [0.15, 0.2) is 0 Å². The number of alkyl halides is 3. The monoisotopic (exact) mass is 482 g/mol. The lowest BCUT2D eigenvalue weighted by Crippen LogP contribution is -2.14. The quantitative estimate of drug-likeness (QED) is 0.318. The fourth-order valence-electron chi connectivity index (χ4n) is 3.25. The van der Waals surface area contributed by atoms with Crippen LogP contribution in [0.2, 0.25) is 5.02 Å². The highest BCUT2D eigenvalue weighted by Crippen LogP contribution is 2.36. The molecule has 4 aromatic rings. The summed E-state index contributed by atoms with van der Waals surface area (Å²) in [6.45, 7) is 1.86. The molecular weight excluding hydrogens is 465 g/mol. The van der Waals surface area contributed by atoms with Crippen molar-refractivity contribution in [1.82, 2.24) is 9.97 Å². The number of rotatable bonds is 5. The minimum Gasteiger partial charge on any atom is -0.340 e. The summed E-state index contributed by atoms with van der Waals surface area (Å²) >= 11 is 5.65. The third kappa shape index (κ3) is 5.35. The maximum absolute atomic E-state index is 13.1. The molecule has 0 spiro atoms. The molecule has 0 unspecified atom stereocenters. The van der Waals surface area contributed by atoms with Gasteiger partial charge in [0.2, 0.25) is 0 Å². The van der Waals surface area contributed by atoms with E-state index in [1.165, 1.54) is 12.4 Å². The molecule has 172 valence electrons. The third-order valence-electron chi connectivity index (χ3n) is 5.03. The Labute approximate surface area is 198 Å². The largest absolute Gasteiger partial charge is 0.417 e. The zero-order chi connectivity index (χ0) is 24.3. The van der Waals surface area contributed by atoms with Gasteiger partial charge in [0, 0.05) is 28.6 Å². The fraction of sp³-hybridized carbons (Fsp3) is 0.0800. The van der Waals surface area contributed by atoms with Gasteiger partial charge in [0.05, 0.1) is 16.3 Å². The van der Waals surface area contributed by atoms with Gasteiger partial charge in [-0.3, -0.25) is 4.79 Å². The number of amides is 1. The second-order valence-corrected chi connectivity index (χ2v) is 7.86. The van der Waals surface area contributed by atoms with E-state index >= 15 is 0 Å². The van der Waals surface area contributed by atoms with Gasteiger partial charge < -0.3 is 10.6 Å². The molecule has 0 aliphatic carbocycles. The Morgan fingerprint density at radius 3 is 2.44 bits per heavy atom. The van der Waals surface area contributed by atoms with Crippen molar-refractivity contribution in [2.24, 2.45) is 0 Å². The minimum atomic E-state index is -4.63. The van der Waals surface area contributed by atoms with E-state index in [0.717, 1.165) is 29.0 Å². The molecule has 1 amide bonds. The molecule has 0 atom stereocenters. The Morgan fingerprint density at radius 1 is 0.941 bits per heavy atom. The van der Waals surface area contributed by atoms with E-state index in [2.05, 4.69) is 20.6 Å². The summed E-state index contributed by atoms with van der Waals surface area (Å²) in [6, 6.07) is 19.5.